The van der Waals surface area contributed by atoms with E-state index in [-0.39, 0.29) is 0 Å². The first kappa shape index (κ1) is 13.8. The van der Waals surface area contributed by atoms with Crippen LogP contribution in [0.5, 0.6) is 5.88 Å². The van der Waals surface area contributed by atoms with Crippen molar-refractivity contribution in [2.45, 2.75) is 25.7 Å². The van der Waals surface area contributed by atoms with E-state index in [9.17, 15) is 0 Å². The topological polar surface area (TPSA) is 51.1 Å². The second-order valence-corrected chi connectivity index (χ2v) is 5.22. The van der Waals surface area contributed by atoms with Gasteiger partial charge in [-0.3, -0.25) is 4.98 Å². The second kappa shape index (κ2) is 7.02. The highest BCUT2D eigenvalue weighted by Crippen LogP contribution is 2.20. The Labute approximate surface area is 125 Å². The summed E-state index contributed by atoms with van der Waals surface area (Å²) >= 11 is 0. The zero-order chi connectivity index (χ0) is 14.3. The third-order valence-corrected chi connectivity index (χ3v) is 3.67. The van der Waals surface area contributed by atoms with Crippen LogP contribution in [0.1, 0.15) is 24.8 Å². The molecule has 1 aliphatic rings. The van der Waals surface area contributed by atoms with Gasteiger partial charge in [0.15, 0.2) is 0 Å². The summed E-state index contributed by atoms with van der Waals surface area (Å²) in [4.78, 5) is 14.8. The number of hydrogen-bond donors (Lipinski definition) is 0. The van der Waals surface area contributed by atoms with Gasteiger partial charge >= 0.3 is 0 Å². The van der Waals surface area contributed by atoms with Crippen molar-refractivity contribution >= 4 is 5.82 Å². The van der Waals surface area contributed by atoms with Crippen molar-refractivity contribution < 1.29 is 4.74 Å². The Morgan fingerprint density at radius 1 is 1.10 bits per heavy atom. The summed E-state index contributed by atoms with van der Waals surface area (Å²) in [7, 11) is 0. The van der Waals surface area contributed by atoms with Crippen LogP contribution in [0, 0.1) is 0 Å². The molecule has 2 aromatic heterocycles. The van der Waals surface area contributed by atoms with Crippen LogP contribution in [0.3, 0.4) is 0 Å². The molecule has 110 valence electrons. The molecule has 0 aliphatic carbocycles. The molecule has 3 rings (SSSR count). The molecular weight excluding hydrogens is 264 g/mol. The Bertz CT molecular complexity index is 555. The number of rotatable bonds is 6. The lowest BCUT2D eigenvalue weighted by Crippen LogP contribution is -2.19. The number of nitrogens with zero attached hydrogens (tertiary/aromatic N) is 4. The van der Waals surface area contributed by atoms with Gasteiger partial charge in [0.1, 0.15) is 12.1 Å². The van der Waals surface area contributed by atoms with Gasteiger partial charge in [0.2, 0.25) is 5.88 Å². The standard InChI is InChI=1S/C16H20N4O/c1-2-10-20(9-1)15-12-16(19-13-18-15)21-11-3-4-14-5-7-17-8-6-14/h5-8,12-13H,1-4,9-11H2. The smallest absolute Gasteiger partial charge is 0.218 e. The van der Waals surface area contributed by atoms with Crippen molar-refractivity contribution in [3.63, 3.8) is 0 Å². The molecule has 21 heavy (non-hydrogen) atoms. The molecule has 0 saturated carbocycles. The van der Waals surface area contributed by atoms with Gasteiger partial charge in [-0.2, -0.15) is 0 Å². The largest absolute Gasteiger partial charge is 0.478 e. The van der Waals surface area contributed by atoms with Crippen LogP contribution in [0.25, 0.3) is 0 Å². The molecule has 0 bridgehead atoms. The highest BCUT2D eigenvalue weighted by molar-refractivity contribution is 5.41. The molecule has 0 aromatic carbocycles. The highest BCUT2D eigenvalue weighted by atomic mass is 16.5. The number of pyridine rings is 1. The van der Waals surface area contributed by atoms with Crippen molar-refractivity contribution in [3.05, 3.63) is 42.5 Å². The number of ether oxygens (including phenoxy) is 1. The molecule has 0 atom stereocenters. The molecule has 0 unspecified atom stereocenters. The summed E-state index contributed by atoms with van der Waals surface area (Å²) in [5.41, 5.74) is 1.29. The predicted octanol–water partition coefficient (Wildman–Crippen LogP) is 2.48. The van der Waals surface area contributed by atoms with Crippen LogP contribution in [-0.4, -0.2) is 34.6 Å². The van der Waals surface area contributed by atoms with E-state index in [0.29, 0.717) is 12.5 Å². The quantitative estimate of drug-likeness (QED) is 0.763. The zero-order valence-electron chi connectivity index (χ0n) is 12.1. The maximum absolute atomic E-state index is 5.73. The van der Waals surface area contributed by atoms with Gasteiger partial charge < -0.3 is 9.64 Å². The summed E-state index contributed by atoms with van der Waals surface area (Å²) in [6.07, 6.45) is 9.68. The molecule has 3 heterocycles. The van der Waals surface area contributed by atoms with E-state index in [1.54, 1.807) is 6.33 Å². The van der Waals surface area contributed by atoms with E-state index in [1.807, 2.05) is 30.6 Å². The maximum Gasteiger partial charge on any atom is 0.218 e. The summed E-state index contributed by atoms with van der Waals surface area (Å²) in [6.45, 7) is 2.83. The Hall–Kier alpha value is -2.17. The maximum atomic E-state index is 5.73. The molecule has 0 N–H and O–H groups in total. The lowest BCUT2D eigenvalue weighted by atomic mass is 10.1. The minimum Gasteiger partial charge on any atom is -0.478 e. The van der Waals surface area contributed by atoms with E-state index in [4.69, 9.17) is 4.74 Å². The van der Waals surface area contributed by atoms with Crippen LogP contribution >= 0.6 is 0 Å². The Kier molecular flexibility index (Phi) is 4.61. The highest BCUT2D eigenvalue weighted by Gasteiger charge is 2.14. The van der Waals surface area contributed by atoms with Crippen molar-refractivity contribution in [1.82, 2.24) is 15.0 Å². The number of hydrogen-bond acceptors (Lipinski definition) is 5. The van der Waals surface area contributed by atoms with Crippen molar-refractivity contribution in [3.8, 4) is 5.88 Å². The lowest BCUT2D eigenvalue weighted by molar-refractivity contribution is 0.299. The average Bonchev–Trinajstić information content (AvgIpc) is 3.07. The van der Waals surface area contributed by atoms with Gasteiger partial charge in [-0.15, -0.1) is 0 Å². The Balaban J connectivity index is 1.48. The molecule has 0 radical (unpaired) electrons. The van der Waals surface area contributed by atoms with Crippen LogP contribution in [-0.2, 0) is 6.42 Å². The molecule has 0 amide bonds. The summed E-state index contributed by atoms with van der Waals surface area (Å²) < 4.78 is 5.73. The fraction of sp³-hybridized carbons (Fsp3) is 0.438. The fourth-order valence-corrected chi connectivity index (χ4v) is 2.53. The minimum atomic E-state index is 0.665. The normalized spacial score (nSPS) is 14.4. The fourth-order valence-electron chi connectivity index (χ4n) is 2.53. The number of aromatic nitrogens is 3. The van der Waals surface area contributed by atoms with E-state index in [0.717, 1.165) is 31.7 Å². The summed E-state index contributed by atoms with van der Waals surface area (Å²) in [5.74, 6) is 1.65. The lowest BCUT2D eigenvalue weighted by Gasteiger charge is -2.16. The number of aryl methyl sites for hydroxylation is 1. The summed E-state index contributed by atoms with van der Waals surface area (Å²) in [6, 6.07) is 6.02. The molecule has 2 aromatic rings. The average molecular weight is 284 g/mol. The summed E-state index contributed by atoms with van der Waals surface area (Å²) in [5, 5.41) is 0. The predicted molar refractivity (Wildman–Crippen MR) is 81.5 cm³/mol. The minimum absolute atomic E-state index is 0.665. The molecule has 1 saturated heterocycles. The first-order valence-corrected chi connectivity index (χ1v) is 7.50. The molecule has 1 fully saturated rings. The van der Waals surface area contributed by atoms with Crippen molar-refractivity contribution in [2.24, 2.45) is 0 Å². The first-order chi connectivity index (χ1) is 10.4. The van der Waals surface area contributed by atoms with Gasteiger partial charge in [-0.25, -0.2) is 9.97 Å². The molecular formula is C16H20N4O. The van der Waals surface area contributed by atoms with Crippen LogP contribution in [0.4, 0.5) is 5.82 Å². The third kappa shape index (κ3) is 3.90. The van der Waals surface area contributed by atoms with E-state index in [1.165, 1.54) is 18.4 Å². The number of anilines is 1. The van der Waals surface area contributed by atoms with Gasteiger partial charge in [-0.05, 0) is 43.4 Å². The second-order valence-electron chi connectivity index (χ2n) is 5.22. The molecule has 5 heteroatoms. The van der Waals surface area contributed by atoms with Gasteiger partial charge in [0.05, 0.1) is 6.61 Å². The first-order valence-electron chi connectivity index (χ1n) is 7.50. The Morgan fingerprint density at radius 3 is 2.71 bits per heavy atom. The van der Waals surface area contributed by atoms with Gasteiger partial charge in [0.25, 0.3) is 0 Å². The van der Waals surface area contributed by atoms with Gasteiger partial charge in [-0.1, -0.05) is 0 Å². The molecule has 5 nitrogen and oxygen atoms in total. The molecule has 0 spiro atoms. The van der Waals surface area contributed by atoms with E-state index < -0.39 is 0 Å². The van der Waals surface area contributed by atoms with Crippen molar-refractivity contribution in [1.29, 1.82) is 0 Å². The van der Waals surface area contributed by atoms with E-state index >= 15 is 0 Å². The van der Waals surface area contributed by atoms with Crippen LogP contribution in [0.2, 0.25) is 0 Å². The third-order valence-electron chi connectivity index (χ3n) is 3.67. The van der Waals surface area contributed by atoms with E-state index in [2.05, 4.69) is 19.9 Å². The molecule has 1 aliphatic heterocycles. The zero-order valence-corrected chi connectivity index (χ0v) is 12.1. The Morgan fingerprint density at radius 2 is 1.90 bits per heavy atom. The monoisotopic (exact) mass is 284 g/mol. The van der Waals surface area contributed by atoms with Crippen LogP contribution in [0.15, 0.2) is 36.9 Å². The van der Waals surface area contributed by atoms with Crippen LogP contribution < -0.4 is 9.64 Å². The van der Waals surface area contributed by atoms with Crippen molar-refractivity contribution in [2.75, 3.05) is 24.6 Å². The van der Waals surface area contributed by atoms with Gasteiger partial charge in [0, 0.05) is 31.5 Å². The SMILES string of the molecule is c1cc(CCCOc2cc(N3CCCC3)ncn2)ccn1.